The van der Waals surface area contributed by atoms with Gasteiger partial charge in [-0.2, -0.15) is 0 Å². The van der Waals surface area contributed by atoms with Crippen LogP contribution in [0, 0.1) is 5.92 Å². The minimum Gasteiger partial charge on any atom is -0.358 e. The Labute approximate surface area is 235 Å². The third-order valence-electron chi connectivity index (χ3n) is 6.62. The molecule has 3 aromatic heterocycles. The lowest BCUT2D eigenvalue weighted by Crippen LogP contribution is -2.39. The molecule has 0 aromatic carbocycles. The van der Waals surface area contributed by atoms with Crippen LogP contribution in [0.3, 0.4) is 0 Å². The van der Waals surface area contributed by atoms with E-state index in [9.17, 15) is 19.2 Å². The molecule has 40 heavy (non-hydrogen) atoms. The largest absolute Gasteiger partial charge is 0.358 e. The fourth-order valence-corrected chi connectivity index (χ4v) is 4.97. The summed E-state index contributed by atoms with van der Waals surface area (Å²) in [6, 6.07) is -0.899. The van der Waals surface area contributed by atoms with Crippen molar-refractivity contribution in [3.05, 3.63) is 29.8 Å². The molecule has 15 heteroatoms. The van der Waals surface area contributed by atoms with Gasteiger partial charge in [-0.25, -0.2) is 19.9 Å². The molecule has 3 aromatic rings. The summed E-state index contributed by atoms with van der Waals surface area (Å²) < 4.78 is 1.37. The van der Waals surface area contributed by atoms with Crippen molar-refractivity contribution in [3.63, 3.8) is 0 Å². The number of nitrogens with one attached hydrogen (secondary N) is 2. The predicted octanol–water partition coefficient (Wildman–Crippen LogP) is 1.25. The molecule has 0 saturated carbocycles. The number of likely N-dealkylation sites (N-methyl/N-ethyl adjacent to an activating group) is 2. The Morgan fingerprint density at radius 3 is 2.58 bits per heavy atom. The molecule has 1 fully saturated rings. The van der Waals surface area contributed by atoms with Crippen molar-refractivity contribution in [2.75, 3.05) is 55.9 Å². The smallest absolute Gasteiger partial charge is 0.274 e. The van der Waals surface area contributed by atoms with Crippen LogP contribution in [-0.2, 0) is 14.4 Å². The van der Waals surface area contributed by atoms with Crippen molar-refractivity contribution in [3.8, 4) is 10.6 Å². The quantitative estimate of drug-likeness (QED) is 0.343. The fourth-order valence-electron chi connectivity index (χ4n) is 4.24. The van der Waals surface area contributed by atoms with Crippen LogP contribution in [0.1, 0.15) is 36.8 Å². The molecule has 4 rings (SSSR count). The Morgan fingerprint density at radius 1 is 1.23 bits per heavy atom. The maximum Gasteiger partial charge on any atom is 0.274 e. The molecule has 1 aliphatic heterocycles. The molecule has 14 nitrogen and oxygen atoms in total. The number of aromatic nitrogens is 5. The second-order valence-corrected chi connectivity index (χ2v) is 10.5. The van der Waals surface area contributed by atoms with Gasteiger partial charge in [0.1, 0.15) is 16.9 Å². The number of hydrogen-bond donors (Lipinski definition) is 2. The highest BCUT2D eigenvalue weighted by atomic mass is 32.1. The highest BCUT2D eigenvalue weighted by Gasteiger charge is 2.30. The van der Waals surface area contributed by atoms with Crippen LogP contribution >= 0.6 is 11.3 Å². The van der Waals surface area contributed by atoms with E-state index in [-0.39, 0.29) is 24.0 Å². The highest BCUT2D eigenvalue weighted by molar-refractivity contribution is 7.13. The number of hydrogen-bond acceptors (Lipinski definition) is 10. The van der Waals surface area contributed by atoms with Crippen LogP contribution in [0.5, 0.6) is 0 Å². The lowest BCUT2D eigenvalue weighted by molar-refractivity contribution is -0.121. The molecule has 0 bridgehead atoms. The lowest BCUT2D eigenvalue weighted by atomic mass is 10.2. The van der Waals surface area contributed by atoms with E-state index in [0.717, 1.165) is 30.0 Å². The van der Waals surface area contributed by atoms with E-state index in [1.54, 1.807) is 24.7 Å². The molecule has 0 spiro atoms. The minimum absolute atomic E-state index is 0.00717. The molecule has 2 unspecified atom stereocenters. The predicted molar refractivity (Wildman–Crippen MR) is 150 cm³/mol. The van der Waals surface area contributed by atoms with Crippen molar-refractivity contribution in [2.24, 2.45) is 5.92 Å². The third kappa shape index (κ3) is 6.09. The Bertz CT molecular complexity index is 1390. The Hall–Kier alpha value is -4.40. The molecular formula is C25H32N10O4S. The van der Waals surface area contributed by atoms with Crippen molar-refractivity contribution < 1.29 is 19.2 Å². The molecule has 2 N–H and O–H groups in total. The highest BCUT2D eigenvalue weighted by Crippen LogP contribution is 2.28. The number of thiazole rings is 1. The monoisotopic (exact) mass is 568 g/mol. The zero-order chi connectivity index (χ0) is 29.0. The summed E-state index contributed by atoms with van der Waals surface area (Å²) in [5.74, 6) is 0.310. The van der Waals surface area contributed by atoms with Crippen LogP contribution in [0.2, 0.25) is 0 Å². The molecule has 2 atom stereocenters. The maximum atomic E-state index is 13.3. The summed E-state index contributed by atoms with van der Waals surface area (Å²) >= 11 is 1.34. The number of rotatable bonds is 10. The van der Waals surface area contributed by atoms with Crippen molar-refractivity contribution >= 4 is 53.1 Å². The van der Waals surface area contributed by atoms with Crippen LogP contribution in [0.25, 0.3) is 10.6 Å². The summed E-state index contributed by atoms with van der Waals surface area (Å²) in [4.78, 5) is 71.9. The Balaban J connectivity index is 1.49. The second kappa shape index (κ2) is 12.2. The van der Waals surface area contributed by atoms with Gasteiger partial charge in [-0.15, -0.1) is 11.3 Å². The van der Waals surface area contributed by atoms with Gasteiger partial charge in [0.15, 0.2) is 11.5 Å². The van der Waals surface area contributed by atoms with E-state index < -0.39 is 17.9 Å². The number of carbonyl (C=O) groups excluding carboxylic acids is 4. The summed E-state index contributed by atoms with van der Waals surface area (Å²) in [6.45, 7) is 5.46. The van der Waals surface area contributed by atoms with Gasteiger partial charge in [0.25, 0.3) is 5.91 Å². The number of imidazole rings is 1. The van der Waals surface area contributed by atoms with Crippen LogP contribution in [-0.4, -0.2) is 94.3 Å². The van der Waals surface area contributed by atoms with Gasteiger partial charge in [0, 0.05) is 57.6 Å². The average Bonchev–Trinajstić information content (AvgIpc) is 3.71. The van der Waals surface area contributed by atoms with E-state index in [1.807, 2.05) is 0 Å². The average molecular weight is 569 g/mol. The van der Waals surface area contributed by atoms with Gasteiger partial charge < -0.3 is 29.9 Å². The van der Waals surface area contributed by atoms with Crippen molar-refractivity contribution in [1.82, 2.24) is 34.7 Å². The van der Waals surface area contributed by atoms with E-state index >= 15 is 0 Å². The number of nitrogens with zero attached hydrogens (tertiary/aromatic N) is 8. The maximum absolute atomic E-state index is 13.3. The fraction of sp³-hybridized carbons (Fsp3) is 0.440. The molecule has 0 radical (unpaired) electrons. The summed E-state index contributed by atoms with van der Waals surface area (Å²) in [5, 5.41) is 7.58. The van der Waals surface area contributed by atoms with E-state index in [4.69, 9.17) is 0 Å². The van der Waals surface area contributed by atoms with Crippen LogP contribution in [0.15, 0.2) is 24.1 Å². The first-order valence-electron chi connectivity index (χ1n) is 12.7. The molecule has 1 saturated heterocycles. The second-order valence-electron chi connectivity index (χ2n) is 9.69. The first-order valence-corrected chi connectivity index (χ1v) is 13.6. The van der Waals surface area contributed by atoms with Gasteiger partial charge in [0.2, 0.25) is 24.2 Å². The summed E-state index contributed by atoms with van der Waals surface area (Å²) in [7, 11) is 4.35. The van der Waals surface area contributed by atoms with Crippen molar-refractivity contribution in [2.45, 2.75) is 26.3 Å². The first-order chi connectivity index (χ1) is 19.1. The van der Waals surface area contributed by atoms with Gasteiger partial charge >= 0.3 is 0 Å². The van der Waals surface area contributed by atoms with Gasteiger partial charge in [0.05, 0.1) is 12.9 Å². The third-order valence-corrected chi connectivity index (χ3v) is 7.51. The Morgan fingerprint density at radius 2 is 1.95 bits per heavy atom. The molecular weight excluding hydrogens is 536 g/mol. The SMILES string of the molecule is CNC(=O)CN(C)C(=O)c1c(N(C)C=O)ncn1C(C)C(=O)Nc1csc(-c2cnc(N3CCC(C)C3)nc2)n1. The molecule has 4 heterocycles. The molecule has 1 aliphatic rings. The Kier molecular flexibility index (Phi) is 8.72. The van der Waals surface area contributed by atoms with E-state index in [0.29, 0.717) is 29.1 Å². The molecule has 4 amide bonds. The number of carbonyl (C=O) groups is 4. The van der Waals surface area contributed by atoms with Crippen LogP contribution in [0.4, 0.5) is 17.6 Å². The first kappa shape index (κ1) is 28.6. The van der Waals surface area contributed by atoms with Crippen LogP contribution < -0.4 is 20.4 Å². The van der Waals surface area contributed by atoms with Gasteiger partial charge in [-0.3, -0.25) is 19.2 Å². The summed E-state index contributed by atoms with van der Waals surface area (Å²) in [5.41, 5.74) is 0.727. The molecule has 212 valence electrons. The number of anilines is 3. The molecule has 0 aliphatic carbocycles. The minimum atomic E-state index is -0.899. The van der Waals surface area contributed by atoms with Crippen molar-refractivity contribution in [1.29, 1.82) is 0 Å². The van der Waals surface area contributed by atoms with Gasteiger partial charge in [-0.05, 0) is 19.3 Å². The van der Waals surface area contributed by atoms with Gasteiger partial charge in [-0.1, -0.05) is 6.92 Å². The zero-order valence-electron chi connectivity index (χ0n) is 23.0. The van der Waals surface area contributed by atoms with E-state index in [2.05, 4.69) is 42.4 Å². The standard InChI is InChI=1S/C25H32N10O4S/c1-15-6-7-34(10-15)25-27-8-17(9-28-25)23-31-18(12-40-23)30-22(38)16(2)35-13-29-21(33(5)14-36)20(35)24(39)32(4)11-19(37)26-3/h8-9,12-16H,6-7,10-11H2,1-5H3,(H,26,37)(H,30,38). The topological polar surface area (TPSA) is 159 Å². The lowest BCUT2D eigenvalue weighted by Gasteiger charge is -2.21. The summed E-state index contributed by atoms with van der Waals surface area (Å²) in [6.07, 6.45) is 6.39. The van der Waals surface area contributed by atoms with E-state index in [1.165, 1.54) is 48.3 Å². The zero-order valence-corrected chi connectivity index (χ0v) is 23.8. The normalized spacial score (nSPS) is 15.4. The number of amides is 4.